The Balaban J connectivity index is 1.51. The number of ether oxygens (including phenoxy) is 2. The Bertz CT molecular complexity index is 1090. The first-order valence-corrected chi connectivity index (χ1v) is 9.91. The fourth-order valence-electron chi connectivity index (χ4n) is 3.01. The molecule has 0 radical (unpaired) electrons. The van der Waals surface area contributed by atoms with Gasteiger partial charge in [-0.05, 0) is 35.4 Å². The third-order valence-corrected chi connectivity index (χ3v) is 4.75. The van der Waals surface area contributed by atoms with Gasteiger partial charge in [0.25, 0.3) is 0 Å². The van der Waals surface area contributed by atoms with Crippen molar-refractivity contribution in [3.8, 4) is 17.6 Å². The van der Waals surface area contributed by atoms with Crippen LogP contribution in [-0.2, 0) is 11.4 Å². The summed E-state index contributed by atoms with van der Waals surface area (Å²) in [5.41, 5.74) is 2.80. The minimum atomic E-state index is -1.01. The van der Waals surface area contributed by atoms with Crippen LogP contribution in [0.5, 0.6) is 11.5 Å². The number of hydrogen-bond acceptors (Lipinski definition) is 6. The lowest BCUT2D eigenvalue weighted by atomic mass is 9.97. The van der Waals surface area contributed by atoms with Crippen LogP contribution < -0.4 is 9.47 Å². The molecule has 0 aliphatic heterocycles. The first kappa shape index (κ1) is 22.4. The smallest absolute Gasteiger partial charge is 0.305 e. The molecule has 7 heteroatoms. The number of carbonyl (C=O) groups is 1. The fourth-order valence-corrected chi connectivity index (χ4v) is 3.01. The summed E-state index contributed by atoms with van der Waals surface area (Å²) in [7, 11) is 0. The number of nitriles is 1. The van der Waals surface area contributed by atoms with Gasteiger partial charge in [0.2, 0.25) is 0 Å². The highest BCUT2D eigenvalue weighted by Crippen LogP contribution is 2.23. The number of carboxylic acids is 1. The van der Waals surface area contributed by atoms with Gasteiger partial charge in [-0.25, -0.2) is 0 Å². The first-order chi connectivity index (χ1) is 15.6. The minimum absolute atomic E-state index is 0.133. The van der Waals surface area contributed by atoms with Crippen molar-refractivity contribution >= 4 is 11.7 Å². The van der Waals surface area contributed by atoms with Crippen molar-refractivity contribution in [3.05, 3.63) is 95.6 Å². The molecule has 162 valence electrons. The second-order valence-electron chi connectivity index (χ2n) is 6.98. The highest BCUT2D eigenvalue weighted by Gasteiger charge is 2.14. The standard InChI is InChI=1S/C25H22N2O5/c26-15-21(14-25(28)29)19-8-12-23(13-9-19)31-16-18-6-10-22(11-7-18)32-17-24(27-30)20-4-2-1-3-5-20/h1-13,21,30H,14,16-17H2,(H,28,29)/b27-24+. The van der Waals surface area contributed by atoms with E-state index < -0.39 is 11.9 Å². The van der Waals surface area contributed by atoms with E-state index >= 15 is 0 Å². The predicted octanol–water partition coefficient (Wildman–Crippen LogP) is 4.60. The maximum absolute atomic E-state index is 10.8. The summed E-state index contributed by atoms with van der Waals surface area (Å²) in [4.78, 5) is 10.8. The zero-order valence-electron chi connectivity index (χ0n) is 17.2. The molecule has 3 rings (SSSR count). The van der Waals surface area contributed by atoms with Gasteiger partial charge in [0.15, 0.2) is 0 Å². The van der Waals surface area contributed by atoms with E-state index in [4.69, 9.17) is 19.8 Å². The van der Waals surface area contributed by atoms with Gasteiger partial charge in [-0.1, -0.05) is 59.8 Å². The van der Waals surface area contributed by atoms with Gasteiger partial charge < -0.3 is 19.8 Å². The molecule has 0 saturated heterocycles. The van der Waals surface area contributed by atoms with Crippen molar-refractivity contribution in [1.82, 2.24) is 0 Å². The SMILES string of the molecule is N#CC(CC(=O)O)c1ccc(OCc2ccc(OC/C(=N\O)c3ccccc3)cc2)cc1. The number of nitrogens with zero attached hydrogens (tertiary/aromatic N) is 2. The molecule has 32 heavy (non-hydrogen) atoms. The molecule has 0 saturated carbocycles. The van der Waals surface area contributed by atoms with Crippen molar-refractivity contribution < 1.29 is 24.6 Å². The summed E-state index contributed by atoms with van der Waals surface area (Å²) in [6, 6.07) is 25.5. The molecule has 0 fully saturated rings. The third kappa shape index (κ3) is 6.34. The molecule has 2 N–H and O–H groups in total. The zero-order chi connectivity index (χ0) is 22.8. The Kier molecular flexibility index (Phi) is 7.82. The third-order valence-electron chi connectivity index (χ3n) is 4.75. The number of oxime groups is 1. The molecule has 0 bridgehead atoms. The van der Waals surface area contributed by atoms with E-state index in [-0.39, 0.29) is 13.0 Å². The lowest BCUT2D eigenvalue weighted by Crippen LogP contribution is -2.13. The van der Waals surface area contributed by atoms with E-state index in [0.29, 0.717) is 29.4 Å². The molecule has 3 aromatic carbocycles. The molecule has 0 amide bonds. The van der Waals surface area contributed by atoms with Crippen LogP contribution in [0.15, 0.2) is 84.0 Å². The van der Waals surface area contributed by atoms with Gasteiger partial charge in [-0.2, -0.15) is 5.26 Å². The van der Waals surface area contributed by atoms with Crippen LogP contribution >= 0.6 is 0 Å². The van der Waals surface area contributed by atoms with Gasteiger partial charge in [0, 0.05) is 5.56 Å². The van der Waals surface area contributed by atoms with E-state index in [0.717, 1.165) is 11.1 Å². The van der Waals surface area contributed by atoms with Crippen LogP contribution in [0.3, 0.4) is 0 Å². The Hall–Kier alpha value is -4.31. The largest absolute Gasteiger partial charge is 0.489 e. The Labute approximate surface area is 185 Å². The Morgan fingerprint density at radius 1 is 0.938 bits per heavy atom. The van der Waals surface area contributed by atoms with Gasteiger partial charge in [0.1, 0.15) is 30.4 Å². The van der Waals surface area contributed by atoms with E-state index in [1.807, 2.05) is 60.7 Å². The molecule has 3 aromatic rings. The van der Waals surface area contributed by atoms with Crippen molar-refractivity contribution in [1.29, 1.82) is 5.26 Å². The molecule has 1 unspecified atom stereocenters. The van der Waals surface area contributed by atoms with Gasteiger partial charge in [-0.3, -0.25) is 4.79 Å². The summed E-state index contributed by atoms with van der Waals surface area (Å²) in [6.07, 6.45) is -0.234. The number of carboxylic acid groups (broad SMARTS) is 1. The van der Waals surface area contributed by atoms with Gasteiger partial charge in [0.05, 0.1) is 18.4 Å². The molecular weight excluding hydrogens is 408 g/mol. The Morgan fingerprint density at radius 3 is 2.16 bits per heavy atom. The molecule has 0 aliphatic rings. The van der Waals surface area contributed by atoms with Gasteiger partial charge >= 0.3 is 5.97 Å². The molecule has 7 nitrogen and oxygen atoms in total. The molecule has 0 aromatic heterocycles. The second-order valence-corrected chi connectivity index (χ2v) is 6.98. The van der Waals surface area contributed by atoms with Crippen LogP contribution in [0.1, 0.15) is 29.0 Å². The maximum atomic E-state index is 10.8. The van der Waals surface area contributed by atoms with Crippen LogP contribution in [0.2, 0.25) is 0 Å². The Morgan fingerprint density at radius 2 is 1.56 bits per heavy atom. The molecule has 0 spiro atoms. The lowest BCUT2D eigenvalue weighted by molar-refractivity contribution is -0.137. The number of aliphatic carboxylic acids is 1. The average molecular weight is 430 g/mol. The fraction of sp³-hybridized carbons (Fsp3) is 0.160. The van der Waals surface area contributed by atoms with Crippen molar-refractivity contribution in [3.63, 3.8) is 0 Å². The summed E-state index contributed by atoms with van der Waals surface area (Å²) >= 11 is 0. The van der Waals surface area contributed by atoms with Gasteiger partial charge in [-0.15, -0.1) is 0 Å². The highest BCUT2D eigenvalue weighted by molar-refractivity contribution is 6.01. The summed E-state index contributed by atoms with van der Waals surface area (Å²) in [5.74, 6) is -0.444. The summed E-state index contributed by atoms with van der Waals surface area (Å²) in [5, 5.41) is 30.6. The number of rotatable bonds is 10. The number of benzene rings is 3. The zero-order valence-corrected chi connectivity index (χ0v) is 17.2. The minimum Gasteiger partial charge on any atom is -0.489 e. The molecule has 0 heterocycles. The molecule has 0 aliphatic carbocycles. The van der Waals surface area contributed by atoms with Crippen LogP contribution in [-0.4, -0.2) is 28.6 Å². The van der Waals surface area contributed by atoms with E-state index in [1.165, 1.54) is 0 Å². The average Bonchev–Trinajstić information content (AvgIpc) is 2.83. The van der Waals surface area contributed by atoms with Crippen LogP contribution in [0.4, 0.5) is 0 Å². The lowest BCUT2D eigenvalue weighted by Gasteiger charge is -2.11. The topological polar surface area (TPSA) is 112 Å². The maximum Gasteiger partial charge on any atom is 0.305 e. The normalized spacial score (nSPS) is 11.9. The van der Waals surface area contributed by atoms with Crippen molar-refractivity contribution in [2.24, 2.45) is 5.16 Å². The van der Waals surface area contributed by atoms with Crippen molar-refractivity contribution in [2.75, 3.05) is 6.61 Å². The van der Waals surface area contributed by atoms with Crippen LogP contribution in [0.25, 0.3) is 0 Å². The van der Waals surface area contributed by atoms with E-state index in [2.05, 4.69) is 5.16 Å². The monoisotopic (exact) mass is 430 g/mol. The van der Waals surface area contributed by atoms with E-state index in [9.17, 15) is 10.0 Å². The van der Waals surface area contributed by atoms with Crippen LogP contribution in [0, 0.1) is 11.3 Å². The predicted molar refractivity (Wildman–Crippen MR) is 118 cm³/mol. The van der Waals surface area contributed by atoms with E-state index in [1.54, 1.807) is 24.3 Å². The second kappa shape index (κ2) is 11.2. The summed E-state index contributed by atoms with van der Waals surface area (Å²) in [6.45, 7) is 0.470. The quantitative estimate of drug-likeness (QED) is 0.276. The van der Waals surface area contributed by atoms with Crippen molar-refractivity contribution in [2.45, 2.75) is 18.9 Å². The molecule has 1 atom stereocenters. The highest BCUT2D eigenvalue weighted by atomic mass is 16.5. The molecular formula is C25H22N2O5. The first-order valence-electron chi connectivity index (χ1n) is 9.91. The number of hydrogen-bond donors (Lipinski definition) is 2. The summed E-state index contributed by atoms with van der Waals surface area (Å²) < 4.78 is 11.5.